The number of carbonyl (C=O) groups is 1. The van der Waals surface area contributed by atoms with Crippen LogP contribution in [0.25, 0.3) is 0 Å². The molecule has 2 N–H and O–H groups in total. The van der Waals surface area contributed by atoms with Crippen molar-refractivity contribution >= 4 is 11.6 Å². The fourth-order valence-electron chi connectivity index (χ4n) is 1.60. The van der Waals surface area contributed by atoms with Gasteiger partial charge in [-0.25, -0.2) is 0 Å². The van der Waals surface area contributed by atoms with Crippen LogP contribution in [0.4, 0.5) is 5.69 Å². The quantitative estimate of drug-likeness (QED) is 0.749. The average Bonchev–Trinajstić information content (AvgIpc) is 2.29. The molecule has 1 rings (SSSR count). The first-order chi connectivity index (χ1) is 7.69. The zero-order valence-electron chi connectivity index (χ0n) is 10.2. The molecule has 3 nitrogen and oxygen atoms in total. The zero-order chi connectivity index (χ0) is 12.0. The summed E-state index contributed by atoms with van der Waals surface area (Å²) in [5.74, 6) is 0.157. The van der Waals surface area contributed by atoms with E-state index in [0.717, 1.165) is 24.1 Å². The Labute approximate surface area is 97.2 Å². The lowest BCUT2D eigenvalue weighted by molar-refractivity contribution is -0.124. The van der Waals surface area contributed by atoms with Crippen molar-refractivity contribution in [2.24, 2.45) is 5.92 Å². The van der Waals surface area contributed by atoms with Gasteiger partial charge in [-0.15, -0.1) is 0 Å². The number of rotatable bonds is 5. The first-order valence-electron chi connectivity index (χ1n) is 5.80. The van der Waals surface area contributed by atoms with Gasteiger partial charge in [-0.05, 0) is 31.4 Å². The van der Waals surface area contributed by atoms with Crippen LogP contribution in [-0.2, 0) is 4.79 Å². The fourth-order valence-corrected chi connectivity index (χ4v) is 1.60. The molecule has 0 aliphatic rings. The van der Waals surface area contributed by atoms with E-state index < -0.39 is 0 Å². The zero-order valence-corrected chi connectivity index (χ0v) is 10.2. The standard InChI is InChI=1S/C13H20N2O/c1-4-11(5-2)13(16)15-14-12-9-7-6-8-10(12)3/h6-9,11,14H,4-5H2,1-3H3,(H,15,16). The minimum atomic E-state index is 0.0632. The number of nitrogens with one attached hydrogen (secondary N) is 2. The van der Waals surface area contributed by atoms with Crippen LogP contribution in [0.2, 0.25) is 0 Å². The molecule has 0 unspecified atom stereocenters. The van der Waals surface area contributed by atoms with Crippen LogP contribution in [0.15, 0.2) is 24.3 Å². The van der Waals surface area contributed by atoms with Crippen molar-refractivity contribution in [1.82, 2.24) is 5.43 Å². The maximum atomic E-state index is 11.7. The van der Waals surface area contributed by atoms with Gasteiger partial charge in [-0.1, -0.05) is 32.0 Å². The lowest BCUT2D eigenvalue weighted by Gasteiger charge is -2.15. The van der Waals surface area contributed by atoms with Gasteiger partial charge in [0.1, 0.15) is 0 Å². The van der Waals surface area contributed by atoms with Crippen LogP contribution in [0.1, 0.15) is 32.3 Å². The number of amides is 1. The Kier molecular flexibility index (Phi) is 4.83. The Morgan fingerprint density at radius 3 is 2.44 bits per heavy atom. The molecule has 0 saturated carbocycles. The topological polar surface area (TPSA) is 41.1 Å². The number of aryl methyl sites for hydroxylation is 1. The molecular weight excluding hydrogens is 200 g/mol. The molecule has 16 heavy (non-hydrogen) atoms. The highest BCUT2D eigenvalue weighted by molar-refractivity contribution is 5.80. The van der Waals surface area contributed by atoms with Crippen molar-refractivity contribution in [1.29, 1.82) is 0 Å². The smallest absolute Gasteiger partial charge is 0.241 e. The molecule has 1 aromatic rings. The van der Waals surface area contributed by atoms with Gasteiger partial charge in [0.2, 0.25) is 5.91 Å². The van der Waals surface area contributed by atoms with Crippen molar-refractivity contribution in [2.75, 3.05) is 5.43 Å². The third-order valence-electron chi connectivity index (χ3n) is 2.82. The van der Waals surface area contributed by atoms with Crippen LogP contribution < -0.4 is 10.9 Å². The molecule has 0 heterocycles. The monoisotopic (exact) mass is 220 g/mol. The van der Waals surface area contributed by atoms with Crippen molar-refractivity contribution < 1.29 is 4.79 Å². The third-order valence-corrected chi connectivity index (χ3v) is 2.82. The van der Waals surface area contributed by atoms with E-state index in [1.54, 1.807) is 0 Å². The Morgan fingerprint density at radius 2 is 1.88 bits per heavy atom. The Balaban J connectivity index is 2.52. The maximum absolute atomic E-state index is 11.7. The number of carbonyl (C=O) groups excluding carboxylic acids is 1. The summed E-state index contributed by atoms with van der Waals surface area (Å²) in [6, 6.07) is 7.87. The van der Waals surface area contributed by atoms with Crippen molar-refractivity contribution in [2.45, 2.75) is 33.6 Å². The van der Waals surface area contributed by atoms with Crippen LogP contribution in [0.5, 0.6) is 0 Å². The van der Waals surface area contributed by atoms with Crippen molar-refractivity contribution in [3.8, 4) is 0 Å². The number of anilines is 1. The summed E-state index contributed by atoms with van der Waals surface area (Å²) in [4.78, 5) is 11.7. The van der Waals surface area contributed by atoms with E-state index in [4.69, 9.17) is 0 Å². The van der Waals surface area contributed by atoms with E-state index in [2.05, 4.69) is 10.9 Å². The second-order valence-corrected chi connectivity index (χ2v) is 3.94. The van der Waals surface area contributed by atoms with Crippen molar-refractivity contribution in [3.63, 3.8) is 0 Å². The number of para-hydroxylation sites is 1. The predicted octanol–water partition coefficient (Wildman–Crippen LogP) is 2.87. The van der Waals surface area contributed by atoms with Gasteiger partial charge in [0.15, 0.2) is 0 Å². The van der Waals surface area contributed by atoms with Crippen LogP contribution in [0.3, 0.4) is 0 Å². The molecule has 0 bridgehead atoms. The minimum absolute atomic E-state index is 0.0632. The molecule has 88 valence electrons. The summed E-state index contributed by atoms with van der Waals surface area (Å²) in [7, 11) is 0. The molecule has 3 heteroatoms. The lowest BCUT2D eigenvalue weighted by atomic mass is 10.0. The maximum Gasteiger partial charge on any atom is 0.241 e. The van der Waals surface area contributed by atoms with E-state index in [-0.39, 0.29) is 11.8 Å². The normalized spacial score (nSPS) is 10.2. The fraction of sp³-hybridized carbons (Fsp3) is 0.462. The second kappa shape index (κ2) is 6.16. The van der Waals surface area contributed by atoms with Crippen LogP contribution in [0, 0.1) is 12.8 Å². The minimum Gasteiger partial charge on any atom is -0.298 e. The number of hydrazine groups is 1. The number of hydrogen-bond acceptors (Lipinski definition) is 2. The molecule has 0 aliphatic carbocycles. The molecule has 1 aromatic carbocycles. The van der Waals surface area contributed by atoms with Gasteiger partial charge in [-0.3, -0.25) is 15.6 Å². The predicted molar refractivity (Wildman–Crippen MR) is 67.0 cm³/mol. The Hall–Kier alpha value is -1.51. The molecular formula is C13H20N2O. The lowest BCUT2D eigenvalue weighted by Crippen LogP contribution is -2.34. The van der Waals surface area contributed by atoms with Gasteiger partial charge in [0.25, 0.3) is 0 Å². The van der Waals surface area contributed by atoms with Gasteiger partial charge >= 0.3 is 0 Å². The van der Waals surface area contributed by atoms with Crippen LogP contribution >= 0.6 is 0 Å². The van der Waals surface area contributed by atoms with E-state index in [1.165, 1.54) is 0 Å². The van der Waals surface area contributed by atoms with E-state index in [9.17, 15) is 4.79 Å². The number of benzene rings is 1. The summed E-state index contributed by atoms with van der Waals surface area (Å²) in [5.41, 5.74) is 7.78. The highest BCUT2D eigenvalue weighted by atomic mass is 16.2. The van der Waals surface area contributed by atoms with Gasteiger partial charge in [-0.2, -0.15) is 0 Å². The molecule has 0 radical (unpaired) electrons. The van der Waals surface area contributed by atoms with E-state index in [1.807, 2.05) is 45.0 Å². The molecule has 0 fully saturated rings. The summed E-state index contributed by atoms with van der Waals surface area (Å²) in [5, 5.41) is 0. The molecule has 0 spiro atoms. The second-order valence-electron chi connectivity index (χ2n) is 3.94. The molecule has 0 aliphatic heterocycles. The average molecular weight is 220 g/mol. The Bertz CT molecular complexity index is 346. The highest BCUT2D eigenvalue weighted by Gasteiger charge is 2.13. The summed E-state index contributed by atoms with van der Waals surface area (Å²) >= 11 is 0. The SMILES string of the molecule is CCC(CC)C(=O)NNc1ccccc1C. The summed E-state index contributed by atoms with van der Waals surface area (Å²) < 4.78 is 0. The highest BCUT2D eigenvalue weighted by Crippen LogP contribution is 2.12. The molecule has 1 amide bonds. The summed E-state index contributed by atoms with van der Waals surface area (Å²) in [6.45, 7) is 6.06. The Morgan fingerprint density at radius 1 is 1.25 bits per heavy atom. The number of hydrogen-bond donors (Lipinski definition) is 2. The van der Waals surface area contributed by atoms with Gasteiger partial charge in [0.05, 0.1) is 5.69 Å². The van der Waals surface area contributed by atoms with E-state index in [0.29, 0.717) is 0 Å². The molecule has 0 aromatic heterocycles. The van der Waals surface area contributed by atoms with Gasteiger partial charge in [0, 0.05) is 5.92 Å². The largest absolute Gasteiger partial charge is 0.298 e. The first-order valence-corrected chi connectivity index (χ1v) is 5.80. The third kappa shape index (κ3) is 3.26. The molecule has 0 atom stereocenters. The van der Waals surface area contributed by atoms with Crippen molar-refractivity contribution in [3.05, 3.63) is 29.8 Å². The van der Waals surface area contributed by atoms with Gasteiger partial charge < -0.3 is 0 Å². The summed E-state index contributed by atoms with van der Waals surface area (Å²) in [6.07, 6.45) is 1.75. The van der Waals surface area contributed by atoms with Crippen LogP contribution in [-0.4, -0.2) is 5.91 Å². The van der Waals surface area contributed by atoms with E-state index >= 15 is 0 Å². The first kappa shape index (κ1) is 12.6. The molecule has 0 saturated heterocycles.